The van der Waals surface area contributed by atoms with E-state index < -0.39 is 0 Å². The maximum atomic E-state index is 5.48. The summed E-state index contributed by atoms with van der Waals surface area (Å²) >= 11 is 0. The lowest BCUT2D eigenvalue weighted by Crippen LogP contribution is -2.07. The molecule has 3 heterocycles. The predicted molar refractivity (Wildman–Crippen MR) is 281 cm³/mol. The number of fused-ring (bicyclic) bond motifs is 7. The molecule has 0 saturated heterocycles. The van der Waals surface area contributed by atoms with Crippen molar-refractivity contribution in [1.82, 2.24) is 24.1 Å². The van der Waals surface area contributed by atoms with Crippen molar-refractivity contribution in [2.45, 2.75) is 0 Å². The first-order valence-corrected chi connectivity index (χ1v) is 23.0. The van der Waals surface area contributed by atoms with Crippen LogP contribution in [0.3, 0.4) is 0 Å². The second-order valence-corrected chi connectivity index (χ2v) is 17.2. The van der Waals surface area contributed by atoms with Gasteiger partial charge in [-0.3, -0.25) is 4.57 Å². The molecule has 5 nitrogen and oxygen atoms in total. The maximum Gasteiger partial charge on any atom is 0.238 e. The summed E-state index contributed by atoms with van der Waals surface area (Å²) in [6.07, 6.45) is 0. The Bertz CT molecular complexity index is 3990. The second-order valence-electron chi connectivity index (χ2n) is 17.2. The van der Waals surface area contributed by atoms with Crippen molar-refractivity contribution < 1.29 is 0 Å². The fourth-order valence-electron chi connectivity index (χ4n) is 10.0. The molecule has 0 aliphatic rings. The topological polar surface area (TPSA) is 48.5 Å². The molecule has 0 saturated carbocycles. The molecule has 0 aliphatic carbocycles. The summed E-state index contributed by atoms with van der Waals surface area (Å²) in [7, 11) is 0. The molecule has 5 heteroatoms. The van der Waals surface area contributed by atoms with Crippen molar-refractivity contribution in [1.29, 1.82) is 0 Å². The van der Waals surface area contributed by atoms with Crippen LogP contribution >= 0.6 is 0 Å². The molecule has 0 atom stereocenters. The highest BCUT2D eigenvalue weighted by Gasteiger charge is 2.26. The van der Waals surface area contributed by atoms with Crippen LogP contribution in [-0.4, -0.2) is 24.1 Å². The van der Waals surface area contributed by atoms with E-state index in [9.17, 15) is 0 Å². The fourth-order valence-corrected chi connectivity index (χ4v) is 10.0. The summed E-state index contributed by atoms with van der Waals surface area (Å²) in [6, 6.07) is 88.2. The Morgan fingerprint density at radius 2 is 0.706 bits per heavy atom. The Kier molecular flexibility index (Phi) is 9.43. The molecule has 0 bridgehead atoms. The van der Waals surface area contributed by atoms with E-state index >= 15 is 0 Å². The molecular weight excluding hydrogens is 827 g/mol. The van der Waals surface area contributed by atoms with Gasteiger partial charge in [-0.1, -0.05) is 212 Å². The first kappa shape index (κ1) is 39.2. The molecule has 0 radical (unpaired) electrons. The molecule has 13 rings (SSSR count). The average Bonchev–Trinajstić information content (AvgIpc) is 3.95. The van der Waals surface area contributed by atoms with Gasteiger partial charge in [-0.05, 0) is 80.9 Å². The quantitative estimate of drug-likeness (QED) is 0.153. The van der Waals surface area contributed by atoms with E-state index in [1.165, 1.54) is 22.1 Å². The van der Waals surface area contributed by atoms with Crippen molar-refractivity contribution in [2.24, 2.45) is 0 Å². The molecule has 0 fully saturated rings. The Balaban J connectivity index is 1.10. The standard InChI is InChI=1S/C63H41N5/c1-5-19-42(20-6-1)48-27-17-28-49(39-48)44-35-37-47(38-36-44)62-64-61(46-25-11-4-12-26-46)65-63(66-62)68-57-34-16-14-32-53(57)58-54(45-23-9-3-10-24-45)41-55-52-31-13-15-33-56(52)67(59(55)60(58)68)51-30-18-29-50(40-51)43-21-7-2-8-22-43/h1-41H. The largest absolute Gasteiger partial charge is 0.307 e. The lowest BCUT2D eigenvalue weighted by Gasteiger charge is -2.15. The number of hydrogen-bond acceptors (Lipinski definition) is 3. The van der Waals surface area contributed by atoms with E-state index in [2.05, 4.69) is 240 Å². The van der Waals surface area contributed by atoms with Gasteiger partial charge in [0.05, 0.1) is 22.1 Å². The molecule has 0 spiro atoms. The van der Waals surface area contributed by atoms with Gasteiger partial charge < -0.3 is 4.57 Å². The third-order valence-corrected chi connectivity index (χ3v) is 13.2. The third kappa shape index (κ3) is 6.68. The van der Waals surface area contributed by atoms with E-state index in [4.69, 9.17) is 15.0 Å². The molecule has 0 unspecified atom stereocenters. The minimum atomic E-state index is 0.543. The van der Waals surface area contributed by atoms with Crippen LogP contribution in [0.15, 0.2) is 249 Å². The summed E-state index contributed by atoms with van der Waals surface area (Å²) in [5, 5.41) is 4.56. The van der Waals surface area contributed by atoms with Crippen LogP contribution in [0.2, 0.25) is 0 Å². The van der Waals surface area contributed by atoms with E-state index in [1.807, 2.05) is 18.2 Å². The number of nitrogens with zero attached hydrogens (tertiary/aromatic N) is 5. The van der Waals surface area contributed by atoms with Crippen molar-refractivity contribution in [3.63, 3.8) is 0 Å². The van der Waals surface area contributed by atoms with Gasteiger partial charge in [0.15, 0.2) is 11.6 Å². The molecule has 68 heavy (non-hydrogen) atoms. The number of benzene rings is 10. The van der Waals surface area contributed by atoms with E-state index in [1.54, 1.807) is 0 Å². The van der Waals surface area contributed by atoms with Crippen LogP contribution in [0.25, 0.3) is 123 Å². The SMILES string of the molecule is c1ccc(-c2cccc(-c3ccc(-c4nc(-c5ccccc5)nc(-n5c6ccccc6c6c(-c7ccccc7)cc7c8ccccc8n(-c8cccc(-c9ccccc9)c8)c7c65)n4)cc3)c2)cc1. The van der Waals surface area contributed by atoms with Crippen molar-refractivity contribution in [3.8, 4) is 78.9 Å². The molecule has 3 aromatic heterocycles. The number of aromatic nitrogens is 5. The van der Waals surface area contributed by atoms with Crippen molar-refractivity contribution in [3.05, 3.63) is 249 Å². The Morgan fingerprint density at radius 1 is 0.265 bits per heavy atom. The zero-order valence-corrected chi connectivity index (χ0v) is 36.9. The lowest BCUT2D eigenvalue weighted by atomic mass is 9.96. The minimum absolute atomic E-state index is 0.543. The number of rotatable bonds is 8. The highest BCUT2D eigenvalue weighted by molar-refractivity contribution is 6.28. The van der Waals surface area contributed by atoms with Crippen LogP contribution in [0.1, 0.15) is 0 Å². The molecule has 0 amide bonds. The first-order chi connectivity index (χ1) is 33.7. The smallest absolute Gasteiger partial charge is 0.238 e. The van der Waals surface area contributed by atoms with Crippen molar-refractivity contribution >= 4 is 43.6 Å². The van der Waals surface area contributed by atoms with Crippen LogP contribution < -0.4 is 0 Å². The molecule has 0 aliphatic heterocycles. The van der Waals surface area contributed by atoms with Crippen LogP contribution in [0, 0.1) is 0 Å². The monoisotopic (exact) mass is 867 g/mol. The van der Waals surface area contributed by atoms with Gasteiger partial charge in [-0.25, -0.2) is 4.98 Å². The molecular formula is C63H41N5. The molecule has 13 aromatic rings. The van der Waals surface area contributed by atoms with E-state index in [0.29, 0.717) is 17.6 Å². The Morgan fingerprint density at radius 3 is 1.32 bits per heavy atom. The predicted octanol–water partition coefficient (Wildman–Crippen LogP) is 16.1. The van der Waals surface area contributed by atoms with Gasteiger partial charge in [-0.2, -0.15) is 9.97 Å². The summed E-state index contributed by atoms with van der Waals surface area (Å²) in [6.45, 7) is 0. The summed E-state index contributed by atoms with van der Waals surface area (Å²) < 4.78 is 4.73. The van der Waals surface area contributed by atoms with Crippen molar-refractivity contribution in [2.75, 3.05) is 0 Å². The Labute approximate surface area is 393 Å². The Hall–Kier alpha value is -9.19. The fraction of sp³-hybridized carbons (Fsp3) is 0. The second kappa shape index (κ2) is 16.4. The van der Waals surface area contributed by atoms with Gasteiger partial charge in [0, 0.05) is 38.4 Å². The molecule has 0 N–H and O–H groups in total. The van der Waals surface area contributed by atoms with Gasteiger partial charge in [0.2, 0.25) is 5.95 Å². The number of hydrogen-bond donors (Lipinski definition) is 0. The summed E-state index contributed by atoms with van der Waals surface area (Å²) in [5.41, 5.74) is 16.3. The average molecular weight is 868 g/mol. The first-order valence-electron chi connectivity index (χ1n) is 23.0. The van der Waals surface area contributed by atoms with E-state index in [-0.39, 0.29) is 0 Å². The zero-order valence-electron chi connectivity index (χ0n) is 36.9. The van der Waals surface area contributed by atoms with Gasteiger partial charge in [-0.15, -0.1) is 0 Å². The summed E-state index contributed by atoms with van der Waals surface area (Å²) in [5.74, 6) is 1.74. The molecule has 318 valence electrons. The van der Waals surface area contributed by atoms with Crippen LogP contribution in [-0.2, 0) is 0 Å². The minimum Gasteiger partial charge on any atom is -0.307 e. The number of para-hydroxylation sites is 2. The lowest BCUT2D eigenvalue weighted by molar-refractivity contribution is 0.953. The van der Waals surface area contributed by atoms with E-state index in [0.717, 1.165) is 82.9 Å². The van der Waals surface area contributed by atoms with Gasteiger partial charge in [0.25, 0.3) is 0 Å². The normalized spacial score (nSPS) is 11.5. The highest BCUT2D eigenvalue weighted by atomic mass is 15.2. The zero-order chi connectivity index (χ0) is 45.0. The summed E-state index contributed by atoms with van der Waals surface area (Å²) in [4.78, 5) is 16.1. The van der Waals surface area contributed by atoms with Crippen LogP contribution in [0.5, 0.6) is 0 Å². The van der Waals surface area contributed by atoms with Gasteiger partial charge in [0.1, 0.15) is 0 Å². The van der Waals surface area contributed by atoms with Gasteiger partial charge >= 0.3 is 0 Å². The van der Waals surface area contributed by atoms with Crippen LogP contribution in [0.4, 0.5) is 0 Å². The third-order valence-electron chi connectivity index (χ3n) is 13.2. The highest BCUT2D eigenvalue weighted by Crippen LogP contribution is 2.46. The maximum absolute atomic E-state index is 5.48. The molecule has 10 aromatic carbocycles.